The van der Waals surface area contributed by atoms with Crippen LogP contribution in [-0.2, 0) is 7.05 Å². The SMILES string of the molecule is C=CCCCNc1cnn(C)c1. The molecule has 0 aliphatic carbocycles. The molecular formula is C9H15N3. The second-order valence-electron chi connectivity index (χ2n) is 2.76. The molecule has 0 bridgehead atoms. The summed E-state index contributed by atoms with van der Waals surface area (Å²) in [5.74, 6) is 0. The van der Waals surface area contributed by atoms with Gasteiger partial charge in [-0.2, -0.15) is 5.10 Å². The number of nitrogens with zero attached hydrogens (tertiary/aromatic N) is 2. The van der Waals surface area contributed by atoms with E-state index in [1.807, 2.05) is 25.5 Å². The molecule has 0 radical (unpaired) electrons. The van der Waals surface area contributed by atoms with Crippen molar-refractivity contribution >= 4 is 5.69 Å². The lowest BCUT2D eigenvalue weighted by molar-refractivity contribution is 0.767. The van der Waals surface area contributed by atoms with Gasteiger partial charge in [-0.3, -0.25) is 4.68 Å². The molecule has 0 aliphatic heterocycles. The molecule has 66 valence electrons. The van der Waals surface area contributed by atoms with Crippen LogP contribution in [-0.4, -0.2) is 16.3 Å². The van der Waals surface area contributed by atoms with Crippen molar-refractivity contribution in [2.24, 2.45) is 7.05 Å². The second-order valence-corrected chi connectivity index (χ2v) is 2.76. The van der Waals surface area contributed by atoms with E-state index in [9.17, 15) is 0 Å². The van der Waals surface area contributed by atoms with E-state index in [-0.39, 0.29) is 0 Å². The summed E-state index contributed by atoms with van der Waals surface area (Å²) < 4.78 is 1.79. The van der Waals surface area contributed by atoms with Crippen LogP contribution in [0.3, 0.4) is 0 Å². The van der Waals surface area contributed by atoms with Crippen molar-refractivity contribution in [3.8, 4) is 0 Å². The molecule has 0 aliphatic rings. The van der Waals surface area contributed by atoms with Crippen molar-refractivity contribution < 1.29 is 0 Å². The lowest BCUT2D eigenvalue weighted by Crippen LogP contribution is -1.99. The minimum Gasteiger partial charge on any atom is -0.382 e. The van der Waals surface area contributed by atoms with Gasteiger partial charge in [0.05, 0.1) is 11.9 Å². The first-order valence-corrected chi connectivity index (χ1v) is 4.16. The first-order chi connectivity index (χ1) is 5.83. The number of aryl methyl sites for hydroxylation is 1. The number of unbranched alkanes of at least 4 members (excludes halogenated alkanes) is 1. The second kappa shape index (κ2) is 4.59. The quantitative estimate of drug-likeness (QED) is 0.532. The van der Waals surface area contributed by atoms with Crippen LogP contribution in [0.4, 0.5) is 5.69 Å². The van der Waals surface area contributed by atoms with Crippen LogP contribution < -0.4 is 5.32 Å². The van der Waals surface area contributed by atoms with Gasteiger partial charge in [0.2, 0.25) is 0 Å². The lowest BCUT2D eigenvalue weighted by Gasteiger charge is -1.99. The van der Waals surface area contributed by atoms with Crippen molar-refractivity contribution in [2.75, 3.05) is 11.9 Å². The molecule has 1 heterocycles. The van der Waals surface area contributed by atoms with Gasteiger partial charge in [0.25, 0.3) is 0 Å². The van der Waals surface area contributed by atoms with Gasteiger partial charge in [-0.05, 0) is 12.8 Å². The fourth-order valence-electron chi connectivity index (χ4n) is 0.992. The lowest BCUT2D eigenvalue weighted by atomic mass is 10.3. The van der Waals surface area contributed by atoms with Crippen LogP contribution in [0.25, 0.3) is 0 Å². The molecule has 3 heteroatoms. The van der Waals surface area contributed by atoms with Gasteiger partial charge in [0.1, 0.15) is 0 Å². The Hall–Kier alpha value is -1.25. The molecule has 0 amide bonds. The molecule has 0 aromatic carbocycles. The largest absolute Gasteiger partial charge is 0.382 e. The average molecular weight is 165 g/mol. The Morgan fingerprint density at radius 2 is 2.58 bits per heavy atom. The number of hydrogen-bond donors (Lipinski definition) is 1. The maximum Gasteiger partial charge on any atom is 0.0726 e. The fourth-order valence-corrected chi connectivity index (χ4v) is 0.992. The van der Waals surface area contributed by atoms with Gasteiger partial charge in [-0.1, -0.05) is 6.08 Å². The van der Waals surface area contributed by atoms with Gasteiger partial charge in [0.15, 0.2) is 0 Å². The van der Waals surface area contributed by atoms with Crippen molar-refractivity contribution in [3.05, 3.63) is 25.0 Å². The van der Waals surface area contributed by atoms with E-state index >= 15 is 0 Å². The third-order valence-electron chi connectivity index (χ3n) is 1.62. The minimum absolute atomic E-state index is 0.984. The smallest absolute Gasteiger partial charge is 0.0726 e. The molecule has 1 N–H and O–H groups in total. The molecule has 0 saturated heterocycles. The summed E-state index contributed by atoms with van der Waals surface area (Å²) in [4.78, 5) is 0. The van der Waals surface area contributed by atoms with E-state index < -0.39 is 0 Å². The van der Waals surface area contributed by atoms with Gasteiger partial charge in [-0.25, -0.2) is 0 Å². The maximum atomic E-state index is 4.05. The predicted octanol–water partition coefficient (Wildman–Crippen LogP) is 1.80. The highest BCUT2D eigenvalue weighted by atomic mass is 15.3. The Morgan fingerprint density at radius 3 is 3.17 bits per heavy atom. The number of anilines is 1. The minimum atomic E-state index is 0.984. The van der Waals surface area contributed by atoms with Gasteiger partial charge in [0, 0.05) is 19.8 Å². The average Bonchev–Trinajstić information content (AvgIpc) is 2.45. The summed E-state index contributed by atoms with van der Waals surface area (Å²) in [5, 5.41) is 7.32. The van der Waals surface area contributed by atoms with Crippen molar-refractivity contribution in [2.45, 2.75) is 12.8 Å². The Bertz CT molecular complexity index is 240. The third-order valence-corrected chi connectivity index (χ3v) is 1.62. The Labute approximate surface area is 73.1 Å². The summed E-state index contributed by atoms with van der Waals surface area (Å²) in [6.07, 6.45) is 7.92. The van der Waals surface area contributed by atoms with E-state index in [1.54, 1.807) is 4.68 Å². The highest BCUT2D eigenvalue weighted by molar-refractivity contribution is 5.37. The molecule has 1 aromatic heterocycles. The zero-order valence-corrected chi connectivity index (χ0v) is 7.45. The third kappa shape index (κ3) is 2.78. The normalized spacial score (nSPS) is 9.75. The molecule has 0 saturated carbocycles. The van der Waals surface area contributed by atoms with Crippen LogP contribution >= 0.6 is 0 Å². The molecule has 12 heavy (non-hydrogen) atoms. The monoisotopic (exact) mass is 165 g/mol. The molecule has 0 fully saturated rings. The number of rotatable bonds is 5. The molecule has 1 rings (SSSR count). The standard InChI is InChI=1S/C9H15N3/c1-3-4-5-6-10-9-7-11-12(2)8-9/h3,7-8,10H,1,4-6H2,2H3. The molecule has 0 spiro atoms. The zero-order chi connectivity index (χ0) is 8.81. The van der Waals surface area contributed by atoms with Crippen molar-refractivity contribution in [1.29, 1.82) is 0 Å². The number of allylic oxidation sites excluding steroid dienone is 1. The Morgan fingerprint density at radius 1 is 1.75 bits per heavy atom. The Balaban J connectivity index is 2.19. The number of hydrogen-bond acceptors (Lipinski definition) is 2. The summed E-state index contributed by atoms with van der Waals surface area (Å²) in [7, 11) is 1.91. The van der Waals surface area contributed by atoms with Gasteiger partial charge in [-0.15, -0.1) is 6.58 Å². The summed E-state index contributed by atoms with van der Waals surface area (Å²) in [6, 6.07) is 0. The number of aromatic nitrogens is 2. The molecule has 0 unspecified atom stereocenters. The van der Waals surface area contributed by atoms with E-state index in [1.165, 1.54) is 0 Å². The van der Waals surface area contributed by atoms with Crippen molar-refractivity contribution in [3.63, 3.8) is 0 Å². The van der Waals surface area contributed by atoms with E-state index in [2.05, 4.69) is 17.0 Å². The highest BCUT2D eigenvalue weighted by Gasteiger charge is 1.92. The number of nitrogens with one attached hydrogen (secondary N) is 1. The maximum absolute atomic E-state index is 4.05. The van der Waals surface area contributed by atoms with Gasteiger partial charge >= 0.3 is 0 Å². The highest BCUT2D eigenvalue weighted by Crippen LogP contribution is 2.03. The summed E-state index contributed by atoms with van der Waals surface area (Å²) >= 11 is 0. The van der Waals surface area contributed by atoms with Crippen LogP contribution in [0, 0.1) is 0 Å². The van der Waals surface area contributed by atoms with E-state index in [4.69, 9.17) is 0 Å². The van der Waals surface area contributed by atoms with Crippen LogP contribution in [0.5, 0.6) is 0 Å². The molecule has 3 nitrogen and oxygen atoms in total. The van der Waals surface area contributed by atoms with Crippen LogP contribution in [0.2, 0.25) is 0 Å². The van der Waals surface area contributed by atoms with E-state index in [0.717, 1.165) is 25.1 Å². The molecule has 1 aromatic rings. The first kappa shape index (κ1) is 8.84. The first-order valence-electron chi connectivity index (χ1n) is 4.16. The molecule has 0 atom stereocenters. The van der Waals surface area contributed by atoms with Crippen LogP contribution in [0.15, 0.2) is 25.0 Å². The molecular weight excluding hydrogens is 150 g/mol. The fraction of sp³-hybridized carbons (Fsp3) is 0.444. The van der Waals surface area contributed by atoms with Gasteiger partial charge < -0.3 is 5.32 Å². The summed E-state index contributed by atoms with van der Waals surface area (Å²) in [5.41, 5.74) is 1.08. The van der Waals surface area contributed by atoms with Crippen LogP contribution in [0.1, 0.15) is 12.8 Å². The van der Waals surface area contributed by atoms with E-state index in [0.29, 0.717) is 0 Å². The zero-order valence-electron chi connectivity index (χ0n) is 7.45. The predicted molar refractivity (Wildman–Crippen MR) is 51.1 cm³/mol. The Kier molecular flexibility index (Phi) is 3.38. The summed E-state index contributed by atoms with van der Waals surface area (Å²) in [6.45, 7) is 4.65. The topological polar surface area (TPSA) is 29.9 Å². The van der Waals surface area contributed by atoms with Crippen molar-refractivity contribution in [1.82, 2.24) is 9.78 Å².